The molecule has 0 spiro atoms. The van der Waals surface area contributed by atoms with Crippen molar-refractivity contribution in [3.63, 3.8) is 0 Å². The average molecular weight is 490 g/mol. The Labute approximate surface area is 190 Å². The van der Waals surface area contributed by atoms with Gasteiger partial charge in [-0.25, -0.2) is 4.79 Å². The molecule has 2 aromatic rings. The van der Waals surface area contributed by atoms with Crippen molar-refractivity contribution in [2.75, 3.05) is 6.61 Å². The molecule has 0 aliphatic carbocycles. The molecule has 0 radical (unpaired) electrons. The maximum Gasteiger partial charge on any atom is 0.430 e. The van der Waals surface area contributed by atoms with E-state index in [9.17, 15) is 41.0 Å². The molecule has 0 aliphatic rings. The van der Waals surface area contributed by atoms with Gasteiger partial charge >= 0.3 is 18.3 Å². The second-order valence-electron chi connectivity index (χ2n) is 7.25. The van der Waals surface area contributed by atoms with Gasteiger partial charge in [-0.1, -0.05) is 42.5 Å². The first-order chi connectivity index (χ1) is 15.7. The van der Waals surface area contributed by atoms with E-state index < -0.39 is 40.8 Å². The summed E-state index contributed by atoms with van der Waals surface area (Å²) in [5.41, 5.74) is -8.45. The van der Waals surface area contributed by atoms with E-state index in [1.165, 1.54) is 6.92 Å². The van der Waals surface area contributed by atoms with E-state index >= 15 is 0 Å². The Bertz CT molecular complexity index is 1020. The van der Waals surface area contributed by atoms with Gasteiger partial charge in [-0.05, 0) is 31.5 Å². The first kappa shape index (κ1) is 27.0. The molecule has 0 bridgehead atoms. The zero-order valence-electron chi connectivity index (χ0n) is 17.9. The van der Waals surface area contributed by atoms with Crippen molar-refractivity contribution in [2.24, 2.45) is 10.2 Å². The number of carbonyl (C=O) groups is 2. The van der Waals surface area contributed by atoms with Gasteiger partial charge in [-0.2, -0.15) is 36.6 Å². The number of benzene rings is 2. The number of azo groups is 1. The first-order valence-electron chi connectivity index (χ1n) is 9.80. The van der Waals surface area contributed by atoms with Crippen molar-refractivity contribution in [3.05, 3.63) is 65.7 Å². The number of hydrogen-bond donors (Lipinski definition) is 1. The molecule has 12 heteroatoms. The highest BCUT2D eigenvalue weighted by Crippen LogP contribution is 2.50. The van der Waals surface area contributed by atoms with E-state index in [-0.39, 0.29) is 18.7 Å². The quantitative estimate of drug-likeness (QED) is 0.238. The molecule has 1 atom stereocenters. The van der Waals surface area contributed by atoms with Gasteiger partial charge in [0.15, 0.2) is 5.78 Å². The second-order valence-corrected chi connectivity index (χ2v) is 7.25. The fraction of sp³-hybridized carbons (Fsp3) is 0.364. The van der Waals surface area contributed by atoms with Crippen molar-refractivity contribution in [3.8, 4) is 0 Å². The molecule has 0 aliphatic heterocycles. The lowest BCUT2D eigenvalue weighted by Gasteiger charge is -2.32. The van der Waals surface area contributed by atoms with Crippen molar-refractivity contribution >= 4 is 17.4 Å². The highest BCUT2D eigenvalue weighted by Gasteiger charge is 2.71. The standard InChI is InChI=1S/C22H20F6N2O4/c1-3-34-18(32)19(14(2)31,13-15-7-5-4-6-8-15)30-29-17-11-9-16(10-12-17)20(33,21(23,24)25)22(26,27)28/h4-12,33H,3,13H2,1-2H3/b30-29+. The third kappa shape index (κ3) is 5.27. The summed E-state index contributed by atoms with van der Waals surface area (Å²) in [5, 5.41) is 17.0. The van der Waals surface area contributed by atoms with E-state index in [4.69, 9.17) is 4.74 Å². The Morgan fingerprint density at radius 2 is 1.44 bits per heavy atom. The van der Waals surface area contributed by atoms with E-state index in [0.29, 0.717) is 17.7 Å². The van der Waals surface area contributed by atoms with Gasteiger partial charge in [-0.3, -0.25) is 4.79 Å². The number of Topliss-reactive ketones (excluding diaryl/α,β-unsaturated/α-hetero) is 1. The summed E-state index contributed by atoms with van der Waals surface area (Å²) in [7, 11) is 0. The van der Waals surface area contributed by atoms with Crippen LogP contribution in [0.25, 0.3) is 0 Å². The van der Waals surface area contributed by atoms with Crippen LogP contribution in [-0.4, -0.2) is 41.4 Å². The third-order valence-electron chi connectivity index (χ3n) is 4.94. The van der Waals surface area contributed by atoms with Crippen LogP contribution in [0.1, 0.15) is 25.0 Å². The van der Waals surface area contributed by atoms with E-state index in [2.05, 4.69) is 10.2 Å². The van der Waals surface area contributed by atoms with E-state index in [0.717, 1.165) is 19.1 Å². The van der Waals surface area contributed by atoms with Crippen LogP contribution in [0, 0.1) is 0 Å². The number of esters is 1. The molecule has 2 aromatic carbocycles. The molecule has 1 unspecified atom stereocenters. The smallest absolute Gasteiger partial charge is 0.430 e. The SMILES string of the molecule is CCOC(=O)C(Cc1ccccc1)(/N=N/c1ccc(C(O)(C(F)(F)F)C(F)(F)F)cc1)C(C)=O. The highest BCUT2D eigenvalue weighted by atomic mass is 19.4. The number of nitrogens with zero attached hydrogens (tertiary/aromatic N) is 2. The van der Waals surface area contributed by atoms with Crippen molar-refractivity contribution in [1.82, 2.24) is 0 Å². The maximum atomic E-state index is 13.0. The molecular weight excluding hydrogens is 470 g/mol. The van der Waals surface area contributed by atoms with Crippen LogP contribution in [0.2, 0.25) is 0 Å². The number of aliphatic hydroxyl groups is 1. The second kappa shape index (κ2) is 9.92. The number of ketones is 1. The summed E-state index contributed by atoms with van der Waals surface area (Å²) in [6, 6.07) is 10.5. The van der Waals surface area contributed by atoms with Crippen LogP contribution in [0.5, 0.6) is 0 Å². The molecule has 0 fully saturated rings. The summed E-state index contributed by atoms with van der Waals surface area (Å²) in [5.74, 6) is -1.76. The lowest BCUT2D eigenvalue weighted by atomic mass is 9.88. The first-order valence-corrected chi connectivity index (χ1v) is 9.80. The zero-order chi connectivity index (χ0) is 25.8. The van der Waals surface area contributed by atoms with Crippen LogP contribution >= 0.6 is 0 Å². The minimum absolute atomic E-state index is 0.0830. The lowest BCUT2D eigenvalue weighted by molar-refractivity contribution is -0.376. The molecule has 6 nitrogen and oxygen atoms in total. The van der Waals surface area contributed by atoms with Gasteiger partial charge in [-0.15, -0.1) is 0 Å². The number of carbonyl (C=O) groups excluding carboxylic acids is 2. The Balaban J connectivity index is 2.49. The maximum absolute atomic E-state index is 13.0. The van der Waals surface area contributed by atoms with E-state index in [1.807, 2.05) is 0 Å². The monoisotopic (exact) mass is 490 g/mol. The molecule has 0 saturated heterocycles. The summed E-state index contributed by atoms with van der Waals surface area (Å²) in [6.45, 7) is 2.50. The van der Waals surface area contributed by atoms with E-state index in [1.54, 1.807) is 30.3 Å². The van der Waals surface area contributed by atoms with Crippen LogP contribution in [-0.2, 0) is 26.3 Å². The van der Waals surface area contributed by atoms with Crippen molar-refractivity contribution in [2.45, 2.75) is 43.8 Å². The third-order valence-corrected chi connectivity index (χ3v) is 4.94. The summed E-state index contributed by atoms with van der Waals surface area (Å²) in [6.07, 6.45) is -12.3. The van der Waals surface area contributed by atoms with Gasteiger partial charge in [0.2, 0.25) is 5.54 Å². The number of hydrogen-bond acceptors (Lipinski definition) is 6. The minimum atomic E-state index is -6.04. The number of ether oxygens (including phenoxy) is 1. The molecular formula is C22H20F6N2O4. The predicted molar refractivity (Wildman–Crippen MR) is 107 cm³/mol. The van der Waals surface area contributed by atoms with Crippen LogP contribution in [0.4, 0.5) is 32.0 Å². The average Bonchev–Trinajstić information content (AvgIpc) is 2.75. The molecule has 0 amide bonds. The minimum Gasteiger partial charge on any atom is -0.464 e. The summed E-state index contributed by atoms with van der Waals surface area (Å²) >= 11 is 0. The fourth-order valence-electron chi connectivity index (χ4n) is 3.03. The summed E-state index contributed by atoms with van der Waals surface area (Å²) in [4.78, 5) is 25.1. The number of rotatable bonds is 8. The molecule has 0 heterocycles. The molecule has 1 N–H and O–H groups in total. The lowest BCUT2D eigenvalue weighted by Crippen LogP contribution is -2.53. The summed E-state index contributed by atoms with van der Waals surface area (Å²) < 4.78 is 83.3. The fourth-order valence-corrected chi connectivity index (χ4v) is 3.03. The number of alkyl halides is 6. The molecule has 0 aromatic heterocycles. The Morgan fingerprint density at radius 3 is 1.88 bits per heavy atom. The Hall–Kier alpha value is -3.28. The topological polar surface area (TPSA) is 88.3 Å². The normalized spacial score (nSPS) is 14.6. The Kier molecular flexibility index (Phi) is 7.87. The van der Waals surface area contributed by atoms with Crippen LogP contribution in [0.3, 0.4) is 0 Å². The van der Waals surface area contributed by atoms with Crippen molar-refractivity contribution in [1.29, 1.82) is 0 Å². The van der Waals surface area contributed by atoms with Crippen molar-refractivity contribution < 1.29 is 45.8 Å². The molecule has 0 saturated carbocycles. The molecule has 184 valence electrons. The Morgan fingerprint density at radius 1 is 0.912 bits per heavy atom. The highest BCUT2D eigenvalue weighted by molar-refractivity contribution is 6.08. The van der Waals surface area contributed by atoms with Gasteiger partial charge in [0.05, 0.1) is 12.3 Å². The zero-order valence-corrected chi connectivity index (χ0v) is 17.9. The van der Waals surface area contributed by atoms with Gasteiger partial charge in [0.1, 0.15) is 0 Å². The van der Waals surface area contributed by atoms with Gasteiger partial charge < -0.3 is 9.84 Å². The van der Waals surface area contributed by atoms with Crippen LogP contribution < -0.4 is 0 Å². The van der Waals surface area contributed by atoms with Gasteiger partial charge in [0, 0.05) is 12.0 Å². The number of halogens is 6. The molecule has 34 heavy (non-hydrogen) atoms. The largest absolute Gasteiger partial charge is 0.464 e. The van der Waals surface area contributed by atoms with Crippen LogP contribution in [0.15, 0.2) is 64.8 Å². The predicted octanol–water partition coefficient (Wildman–Crippen LogP) is 5.22. The van der Waals surface area contributed by atoms with Gasteiger partial charge in [0.25, 0.3) is 5.60 Å². The molecule has 2 rings (SSSR count).